The van der Waals surface area contributed by atoms with Crippen molar-refractivity contribution in [2.45, 2.75) is 33.2 Å². The van der Waals surface area contributed by atoms with Crippen LogP contribution in [-0.4, -0.2) is 15.5 Å². The minimum atomic E-state index is -0.0252. The lowest BCUT2D eigenvalue weighted by Crippen LogP contribution is -2.27. The molecule has 3 N–H and O–H groups in total. The summed E-state index contributed by atoms with van der Waals surface area (Å²) in [6.07, 6.45) is 1.62. The van der Waals surface area contributed by atoms with Crippen LogP contribution in [0.5, 0.6) is 0 Å². The van der Waals surface area contributed by atoms with Gasteiger partial charge in [0, 0.05) is 5.54 Å². The fourth-order valence-electron chi connectivity index (χ4n) is 0.872. The van der Waals surface area contributed by atoms with Gasteiger partial charge in [0.1, 0.15) is 0 Å². The van der Waals surface area contributed by atoms with Crippen molar-refractivity contribution in [2.75, 3.05) is 11.1 Å². The van der Waals surface area contributed by atoms with Gasteiger partial charge in [-0.3, -0.25) is 0 Å². The third kappa shape index (κ3) is 2.89. The van der Waals surface area contributed by atoms with Crippen molar-refractivity contribution in [2.24, 2.45) is 0 Å². The molecule has 72 valence electrons. The van der Waals surface area contributed by atoms with Crippen LogP contribution < -0.4 is 11.1 Å². The molecule has 0 spiro atoms. The fraction of sp³-hybridized carbons (Fsp3) is 0.556. The second kappa shape index (κ2) is 3.20. The largest absolute Gasteiger partial charge is 0.396 e. The first-order valence-corrected chi connectivity index (χ1v) is 4.26. The van der Waals surface area contributed by atoms with Crippen LogP contribution in [0.1, 0.15) is 26.5 Å². The minimum Gasteiger partial charge on any atom is -0.396 e. The van der Waals surface area contributed by atoms with Gasteiger partial charge >= 0.3 is 0 Å². The normalized spacial score (nSPS) is 11.4. The number of nitrogen functional groups attached to an aromatic ring is 1. The molecule has 1 heterocycles. The highest BCUT2D eigenvalue weighted by molar-refractivity contribution is 5.43. The van der Waals surface area contributed by atoms with Crippen LogP contribution in [0.3, 0.4) is 0 Å². The van der Waals surface area contributed by atoms with E-state index in [1.54, 1.807) is 6.20 Å². The molecule has 0 radical (unpaired) electrons. The van der Waals surface area contributed by atoms with Crippen LogP contribution in [0.2, 0.25) is 0 Å². The van der Waals surface area contributed by atoms with E-state index >= 15 is 0 Å². The fourth-order valence-corrected chi connectivity index (χ4v) is 0.872. The van der Waals surface area contributed by atoms with E-state index in [9.17, 15) is 0 Å². The second-order valence-corrected chi connectivity index (χ2v) is 4.11. The van der Waals surface area contributed by atoms with Crippen molar-refractivity contribution in [1.29, 1.82) is 0 Å². The Morgan fingerprint density at radius 2 is 2.00 bits per heavy atom. The first-order chi connectivity index (χ1) is 5.88. The predicted molar refractivity (Wildman–Crippen MR) is 54.6 cm³/mol. The third-order valence-corrected chi connectivity index (χ3v) is 1.50. The van der Waals surface area contributed by atoms with Gasteiger partial charge in [0.2, 0.25) is 5.95 Å². The zero-order valence-electron chi connectivity index (χ0n) is 8.55. The van der Waals surface area contributed by atoms with Gasteiger partial charge in [-0.1, -0.05) is 0 Å². The van der Waals surface area contributed by atoms with Crippen molar-refractivity contribution in [3.8, 4) is 0 Å². The molecular formula is C9H16N4. The molecule has 0 saturated heterocycles. The molecule has 0 fully saturated rings. The summed E-state index contributed by atoms with van der Waals surface area (Å²) in [5, 5.41) is 3.17. The average molecular weight is 180 g/mol. The molecule has 0 aliphatic carbocycles. The van der Waals surface area contributed by atoms with Crippen molar-refractivity contribution >= 4 is 11.6 Å². The van der Waals surface area contributed by atoms with Crippen LogP contribution in [-0.2, 0) is 0 Å². The Morgan fingerprint density at radius 3 is 2.46 bits per heavy atom. The number of hydrogen-bond acceptors (Lipinski definition) is 4. The summed E-state index contributed by atoms with van der Waals surface area (Å²) in [5.74, 6) is 0.624. The molecule has 1 aromatic heterocycles. The molecular weight excluding hydrogens is 164 g/mol. The first-order valence-electron chi connectivity index (χ1n) is 4.26. The second-order valence-electron chi connectivity index (χ2n) is 4.11. The SMILES string of the molecule is Cc1nc(NC(C)(C)C)ncc1N. The summed E-state index contributed by atoms with van der Waals surface area (Å²) >= 11 is 0. The highest BCUT2D eigenvalue weighted by Crippen LogP contribution is 2.12. The van der Waals surface area contributed by atoms with Crippen LogP contribution >= 0.6 is 0 Å². The summed E-state index contributed by atoms with van der Waals surface area (Å²) in [6, 6.07) is 0. The van der Waals surface area contributed by atoms with Crippen molar-refractivity contribution in [3.63, 3.8) is 0 Å². The Bertz CT molecular complexity index is 301. The van der Waals surface area contributed by atoms with E-state index in [0.717, 1.165) is 5.69 Å². The van der Waals surface area contributed by atoms with Gasteiger partial charge < -0.3 is 11.1 Å². The van der Waals surface area contributed by atoms with E-state index in [0.29, 0.717) is 11.6 Å². The van der Waals surface area contributed by atoms with Crippen LogP contribution in [0.25, 0.3) is 0 Å². The van der Waals surface area contributed by atoms with Gasteiger partial charge in [0.25, 0.3) is 0 Å². The summed E-state index contributed by atoms with van der Waals surface area (Å²) in [5.41, 5.74) is 7.01. The van der Waals surface area contributed by atoms with Gasteiger partial charge in [-0.2, -0.15) is 0 Å². The van der Waals surface area contributed by atoms with E-state index in [2.05, 4.69) is 36.1 Å². The standard InChI is InChI=1S/C9H16N4/c1-6-7(10)5-11-8(12-6)13-9(2,3)4/h5H,10H2,1-4H3,(H,11,12,13). The Morgan fingerprint density at radius 1 is 1.38 bits per heavy atom. The molecule has 0 saturated carbocycles. The molecule has 0 aliphatic rings. The number of aryl methyl sites for hydroxylation is 1. The minimum absolute atomic E-state index is 0.0252. The molecule has 0 aliphatic heterocycles. The molecule has 0 atom stereocenters. The summed E-state index contributed by atoms with van der Waals surface area (Å²) in [4.78, 5) is 8.29. The van der Waals surface area contributed by atoms with Gasteiger partial charge in [-0.05, 0) is 27.7 Å². The first kappa shape index (κ1) is 9.77. The molecule has 0 unspecified atom stereocenters. The Labute approximate surface area is 78.6 Å². The molecule has 0 aromatic carbocycles. The van der Waals surface area contributed by atoms with Crippen LogP contribution in [0, 0.1) is 6.92 Å². The van der Waals surface area contributed by atoms with Gasteiger partial charge in [-0.15, -0.1) is 0 Å². The highest BCUT2D eigenvalue weighted by atomic mass is 15.1. The van der Waals surface area contributed by atoms with Crippen molar-refractivity contribution in [3.05, 3.63) is 11.9 Å². The number of anilines is 2. The molecule has 0 bridgehead atoms. The summed E-state index contributed by atoms with van der Waals surface area (Å²) in [7, 11) is 0. The number of nitrogens with zero attached hydrogens (tertiary/aromatic N) is 2. The number of rotatable bonds is 1. The quantitative estimate of drug-likeness (QED) is 0.688. The maximum absolute atomic E-state index is 5.60. The Balaban J connectivity index is 2.86. The predicted octanol–water partition coefficient (Wildman–Crippen LogP) is 1.58. The number of aromatic nitrogens is 2. The van der Waals surface area contributed by atoms with Gasteiger partial charge in [-0.25, -0.2) is 9.97 Å². The number of nitrogens with two attached hydrogens (primary N) is 1. The zero-order chi connectivity index (χ0) is 10.1. The monoisotopic (exact) mass is 180 g/mol. The third-order valence-electron chi connectivity index (χ3n) is 1.50. The van der Waals surface area contributed by atoms with E-state index < -0.39 is 0 Å². The average Bonchev–Trinajstić information content (AvgIpc) is 1.94. The molecule has 0 amide bonds. The summed E-state index contributed by atoms with van der Waals surface area (Å²) < 4.78 is 0. The lowest BCUT2D eigenvalue weighted by atomic mass is 10.1. The van der Waals surface area contributed by atoms with Crippen LogP contribution in [0.15, 0.2) is 6.20 Å². The van der Waals surface area contributed by atoms with Crippen LogP contribution in [0.4, 0.5) is 11.6 Å². The number of hydrogen-bond donors (Lipinski definition) is 2. The molecule has 4 nitrogen and oxygen atoms in total. The molecule has 1 rings (SSSR count). The van der Waals surface area contributed by atoms with E-state index in [-0.39, 0.29) is 5.54 Å². The number of nitrogens with one attached hydrogen (secondary N) is 1. The Kier molecular flexibility index (Phi) is 2.40. The lowest BCUT2D eigenvalue weighted by Gasteiger charge is -2.20. The molecule has 1 aromatic rings. The van der Waals surface area contributed by atoms with Gasteiger partial charge in [0.15, 0.2) is 0 Å². The molecule has 13 heavy (non-hydrogen) atoms. The highest BCUT2D eigenvalue weighted by Gasteiger charge is 2.11. The van der Waals surface area contributed by atoms with Gasteiger partial charge in [0.05, 0.1) is 17.6 Å². The van der Waals surface area contributed by atoms with Crippen molar-refractivity contribution < 1.29 is 0 Å². The molecule has 4 heteroatoms. The topological polar surface area (TPSA) is 63.8 Å². The summed E-state index contributed by atoms with van der Waals surface area (Å²) in [6.45, 7) is 8.04. The smallest absolute Gasteiger partial charge is 0.223 e. The van der Waals surface area contributed by atoms with Crippen molar-refractivity contribution in [1.82, 2.24) is 9.97 Å². The van der Waals surface area contributed by atoms with E-state index in [1.165, 1.54) is 0 Å². The zero-order valence-corrected chi connectivity index (χ0v) is 8.55. The lowest BCUT2D eigenvalue weighted by molar-refractivity contribution is 0.625. The maximum atomic E-state index is 5.60. The maximum Gasteiger partial charge on any atom is 0.223 e. The van der Waals surface area contributed by atoms with E-state index in [4.69, 9.17) is 5.73 Å². The van der Waals surface area contributed by atoms with E-state index in [1.807, 2.05) is 6.92 Å². The Hall–Kier alpha value is -1.32.